The van der Waals surface area contributed by atoms with Crippen molar-refractivity contribution < 1.29 is 0 Å². The van der Waals surface area contributed by atoms with Crippen molar-refractivity contribution in [2.45, 2.75) is 6.42 Å². The van der Waals surface area contributed by atoms with Crippen LogP contribution in [0.2, 0.25) is 0 Å². The Kier molecular flexibility index (Phi) is 4.04. The lowest BCUT2D eigenvalue weighted by molar-refractivity contribution is 0.433. The first-order valence-electron chi connectivity index (χ1n) is 3.52. The van der Waals surface area contributed by atoms with Gasteiger partial charge in [0.2, 0.25) is 0 Å². The predicted octanol–water partition coefficient (Wildman–Crippen LogP) is 1.23. The zero-order valence-electron chi connectivity index (χ0n) is 6.54. The molecule has 2 aliphatic rings. The van der Waals surface area contributed by atoms with Crippen LogP contribution in [0.15, 0.2) is 11.9 Å². The van der Waals surface area contributed by atoms with Gasteiger partial charge in [-0.25, -0.2) is 0 Å². The maximum absolute atomic E-state index is 3.37. The van der Waals surface area contributed by atoms with Gasteiger partial charge in [-0.3, -0.25) is 0 Å². The smallest absolute Gasteiger partial charge is 0.0318 e. The van der Waals surface area contributed by atoms with Gasteiger partial charge in [-0.1, -0.05) is 0 Å². The van der Waals surface area contributed by atoms with Crippen LogP contribution in [0.5, 0.6) is 0 Å². The molecule has 66 valence electrons. The standard InChI is InChI=1S/C7H12N2.2ClH/c1-9-4-6-2-3-8-7(6)5-9;;/h5-6,8H,2-4H2,1H3;2*1H. The van der Waals surface area contributed by atoms with Crippen LogP contribution < -0.4 is 5.32 Å². The van der Waals surface area contributed by atoms with Crippen LogP contribution in [-0.2, 0) is 0 Å². The van der Waals surface area contributed by atoms with Crippen molar-refractivity contribution in [3.05, 3.63) is 11.9 Å². The van der Waals surface area contributed by atoms with E-state index in [1.807, 2.05) is 0 Å². The summed E-state index contributed by atoms with van der Waals surface area (Å²) in [6.45, 7) is 2.41. The highest BCUT2D eigenvalue weighted by Gasteiger charge is 2.26. The van der Waals surface area contributed by atoms with Gasteiger partial charge < -0.3 is 10.2 Å². The molecule has 2 nitrogen and oxygen atoms in total. The number of halogens is 2. The Bertz CT molecular complexity index is 159. The molecule has 1 atom stereocenters. The fraction of sp³-hybridized carbons (Fsp3) is 0.714. The number of nitrogens with one attached hydrogen (secondary N) is 1. The fourth-order valence-electron chi connectivity index (χ4n) is 1.67. The van der Waals surface area contributed by atoms with E-state index in [2.05, 4.69) is 23.5 Å². The molecule has 0 radical (unpaired) electrons. The summed E-state index contributed by atoms with van der Waals surface area (Å²) in [6, 6.07) is 0. The van der Waals surface area contributed by atoms with Crippen LogP contribution >= 0.6 is 24.8 Å². The van der Waals surface area contributed by atoms with E-state index < -0.39 is 0 Å². The highest BCUT2D eigenvalue weighted by molar-refractivity contribution is 5.85. The summed E-state index contributed by atoms with van der Waals surface area (Å²) in [5, 5.41) is 3.37. The molecule has 2 rings (SSSR count). The van der Waals surface area contributed by atoms with Crippen LogP contribution in [0.3, 0.4) is 0 Å². The third-order valence-electron chi connectivity index (χ3n) is 2.13. The van der Waals surface area contributed by atoms with Crippen molar-refractivity contribution in [2.75, 3.05) is 20.1 Å². The topological polar surface area (TPSA) is 15.3 Å². The monoisotopic (exact) mass is 196 g/mol. The second kappa shape index (κ2) is 4.07. The minimum absolute atomic E-state index is 0. The van der Waals surface area contributed by atoms with Gasteiger partial charge in [0.25, 0.3) is 0 Å². The average Bonchev–Trinajstić information content (AvgIpc) is 2.22. The van der Waals surface area contributed by atoms with E-state index in [-0.39, 0.29) is 24.8 Å². The molecule has 4 heteroatoms. The van der Waals surface area contributed by atoms with Crippen molar-refractivity contribution >= 4 is 24.8 Å². The first-order chi connectivity index (χ1) is 4.36. The molecule has 2 heterocycles. The average molecular weight is 197 g/mol. The van der Waals surface area contributed by atoms with Crippen molar-refractivity contribution in [2.24, 2.45) is 5.92 Å². The molecule has 0 amide bonds. The third-order valence-corrected chi connectivity index (χ3v) is 2.13. The van der Waals surface area contributed by atoms with Crippen molar-refractivity contribution in [3.63, 3.8) is 0 Å². The third kappa shape index (κ3) is 1.94. The minimum Gasteiger partial charge on any atom is -0.387 e. The zero-order valence-corrected chi connectivity index (χ0v) is 8.17. The second-order valence-electron chi connectivity index (χ2n) is 2.94. The van der Waals surface area contributed by atoms with Crippen molar-refractivity contribution in [3.8, 4) is 0 Å². The molecule has 11 heavy (non-hydrogen) atoms. The van der Waals surface area contributed by atoms with Crippen LogP contribution in [0.4, 0.5) is 0 Å². The highest BCUT2D eigenvalue weighted by Crippen LogP contribution is 2.25. The Morgan fingerprint density at radius 2 is 2.27 bits per heavy atom. The number of hydrogen-bond donors (Lipinski definition) is 1. The van der Waals surface area contributed by atoms with Gasteiger partial charge in [0.1, 0.15) is 0 Å². The van der Waals surface area contributed by atoms with Crippen LogP contribution in [0.1, 0.15) is 6.42 Å². The summed E-state index contributed by atoms with van der Waals surface area (Å²) in [7, 11) is 2.13. The summed E-state index contributed by atoms with van der Waals surface area (Å²) in [4.78, 5) is 2.26. The van der Waals surface area contributed by atoms with Crippen LogP contribution in [0, 0.1) is 5.92 Å². The normalized spacial score (nSPS) is 26.1. The number of nitrogens with zero attached hydrogens (tertiary/aromatic N) is 1. The molecule has 1 unspecified atom stereocenters. The lowest BCUT2D eigenvalue weighted by Crippen LogP contribution is -2.11. The lowest BCUT2D eigenvalue weighted by atomic mass is 10.1. The lowest BCUT2D eigenvalue weighted by Gasteiger charge is -2.07. The fourth-order valence-corrected chi connectivity index (χ4v) is 1.67. The Balaban J connectivity index is 0.000000500. The van der Waals surface area contributed by atoms with E-state index >= 15 is 0 Å². The second-order valence-corrected chi connectivity index (χ2v) is 2.94. The van der Waals surface area contributed by atoms with Gasteiger partial charge in [-0.05, 0) is 6.42 Å². The van der Waals surface area contributed by atoms with Crippen LogP contribution in [0.25, 0.3) is 0 Å². The number of hydrogen-bond acceptors (Lipinski definition) is 2. The maximum Gasteiger partial charge on any atom is 0.0318 e. The summed E-state index contributed by atoms with van der Waals surface area (Å²) in [5.74, 6) is 0.829. The molecule has 2 aliphatic heterocycles. The predicted molar refractivity (Wildman–Crippen MR) is 51.3 cm³/mol. The largest absolute Gasteiger partial charge is 0.387 e. The van der Waals surface area contributed by atoms with E-state index in [1.165, 1.54) is 25.2 Å². The molecule has 0 spiro atoms. The van der Waals surface area contributed by atoms with E-state index in [1.54, 1.807) is 0 Å². The Labute approximate surface area is 79.8 Å². The molecular formula is C7H14Cl2N2. The highest BCUT2D eigenvalue weighted by atomic mass is 35.5. The SMILES string of the molecule is CN1C=C2NCCC2C1.Cl.Cl. The molecule has 0 aromatic heterocycles. The van der Waals surface area contributed by atoms with Gasteiger partial charge >= 0.3 is 0 Å². The number of rotatable bonds is 0. The molecule has 0 aromatic rings. The summed E-state index contributed by atoms with van der Waals surface area (Å²) in [6.07, 6.45) is 3.55. The van der Waals surface area contributed by atoms with Gasteiger partial charge in [-0.15, -0.1) is 24.8 Å². The van der Waals surface area contributed by atoms with E-state index in [9.17, 15) is 0 Å². The maximum atomic E-state index is 3.37. The van der Waals surface area contributed by atoms with Crippen LogP contribution in [-0.4, -0.2) is 25.0 Å². The minimum atomic E-state index is 0. The molecule has 0 saturated carbocycles. The first kappa shape index (κ1) is 10.9. The Morgan fingerprint density at radius 3 is 2.91 bits per heavy atom. The zero-order chi connectivity index (χ0) is 6.27. The van der Waals surface area contributed by atoms with E-state index in [0.29, 0.717) is 0 Å². The van der Waals surface area contributed by atoms with Gasteiger partial charge in [0.05, 0.1) is 0 Å². The molecule has 1 N–H and O–H groups in total. The summed E-state index contributed by atoms with van der Waals surface area (Å²) >= 11 is 0. The van der Waals surface area contributed by atoms with Gasteiger partial charge in [0.15, 0.2) is 0 Å². The molecule has 1 fully saturated rings. The first-order valence-corrected chi connectivity index (χ1v) is 3.52. The molecule has 1 saturated heterocycles. The van der Waals surface area contributed by atoms with Gasteiger partial charge in [-0.2, -0.15) is 0 Å². The van der Waals surface area contributed by atoms with E-state index in [4.69, 9.17) is 0 Å². The molecule has 0 aliphatic carbocycles. The molecule has 0 aromatic carbocycles. The number of fused-ring (bicyclic) bond motifs is 1. The van der Waals surface area contributed by atoms with Crippen molar-refractivity contribution in [1.29, 1.82) is 0 Å². The van der Waals surface area contributed by atoms with Crippen molar-refractivity contribution in [1.82, 2.24) is 10.2 Å². The Hall–Kier alpha value is -0.0800. The van der Waals surface area contributed by atoms with Gasteiger partial charge in [0, 0.05) is 38.0 Å². The summed E-state index contributed by atoms with van der Waals surface area (Å²) < 4.78 is 0. The van der Waals surface area contributed by atoms with E-state index in [0.717, 1.165) is 5.92 Å². The quantitative estimate of drug-likeness (QED) is 0.628. The Morgan fingerprint density at radius 1 is 1.55 bits per heavy atom. The molecule has 0 bridgehead atoms. The molecular weight excluding hydrogens is 183 g/mol. The summed E-state index contributed by atoms with van der Waals surface area (Å²) in [5.41, 5.74) is 1.46.